The zero-order valence-corrected chi connectivity index (χ0v) is 12.2. The number of aliphatic hydroxyl groups is 1. The number of carbonyl (C=O) groups excluding carboxylic acids is 1. The third-order valence-corrected chi connectivity index (χ3v) is 2.92. The molecule has 0 fully saturated rings. The summed E-state index contributed by atoms with van der Waals surface area (Å²) >= 11 is 3.28. The molecule has 6 heteroatoms. The van der Waals surface area contributed by atoms with Crippen molar-refractivity contribution in [3.05, 3.63) is 22.2 Å². The van der Waals surface area contributed by atoms with Crippen LogP contribution in [0.1, 0.15) is 24.2 Å². The van der Waals surface area contributed by atoms with E-state index in [1.165, 1.54) is 7.11 Å². The number of hydrogen-bond acceptors (Lipinski definition) is 5. The van der Waals surface area contributed by atoms with Gasteiger partial charge in [0.2, 0.25) is 0 Å². The van der Waals surface area contributed by atoms with E-state index < -0.39 is 11.6 Å². The summed E-state index contributed by atoms with van der Waals surface area (Å²) < 4.78 is 5.25. The Bertz CT molecular complexity index is 455. The fourth-order valence-corrected chi connectivity index (χ4v) is 1.77. The second kappa shape index (κ2) is 5.58. The first-order valence-electron chi connectivity index (χ1n) is 5.38. The zero-order valence-electron chi connectivity index (χ0n) is 10.6. The number of nitrogens with two attached hydrogens (primary N) is 1. The number of halogens is 1. The van der Waals surface area contributed by atoms with E-state index in [9.17, 15) is 9.90 Å². The largest absolute Gasteiger partial charge is 0.465 e. The maximum atomic E-state index is 11.5. The van der Waals surface area contributed by atoms with Gasteiger partial charge in [0.1, 0.15) is 0 Å². The van der Waals surface area contributed by atoms with Gasteiger partial charge in [-0.3, -0.25) is 0 Å². The van der Waals surface area contributed by atoms with Gasteiger partial charge in [0.25, 0.3) is 0 Å². The molecule has 0 amide bonds. The molecule has 0 unspecified atom stereocenters. The predicted molar refractivity (Wildman–Crippen MR) is 74.7 cm³/mol. The molecule has 1 aromatic rings. The molecule has 0 bridgehead atoms. The molecule has 0 radical (unpaired) electrons. The highest BCUT2D eigenvalue weighted by Gasteiger charge is 2.16. The quantitative estimate of drug-likeness (QED) is 0.584. The molecule has 0 heterocycles. The fraction of sp³-hybridized carbons (Fsp3) is 0.417. The molecule has 18 heavy (non-hydrogen) atoms. The van der Waals surface area contributed by atoms with Crippen LogP contribution in [-0.2, 0) is 4.74 Å². The van der Waals surface area contributed by atoms with Gasteiger partial charge in [0.05, 0.1) is 29.6 Å². The highest BCUT2D eigenvalue weighted by atomic mass is 79.9. The van der Waals surface area contributed by atoms with Gasteiger partial charge in [-0.15, -0.1) is 0 Å². The minimum absolute atomic E-state index is 0.314. The van der Waals surface area contributed by atoms with Crippen molar-refractivity contribution in [1.82, 2.24) is 0 Å². The number of hydrogen-bond donors (Lipinski definition) is 3. The molecule has 0 aromatic heterocycles. The molecule has 0 saturated carbocycles. The van der Waals surface area contributed by atoms with Crippen molar-refractivity contribution < 1.29 is 14.6 Å². The Morgan fingerprint density at radius 2 is 2.17 bits per heavy atom. The van der Waals surface area contributed by atoms with Crippen LogP contribution in [0.15, 0.2) is 16.6 Å². The van der Waals surface area contributed by atoms with Crippen molar-refractivity contribution in [2.45, 2.75) is 19.4 Å². The van der Waals surface area contributed by atoms with Crippen LogP contribution < -0.4 is 11.1 Å². The fourth-order valence-electron chi connectivity index (χ4n) is 1.31. The van der Waals surface area contributed by atoms with Gasteiger partial charge in [-0.05, 0) is 41.9 Å². The summed E-state index contributed by atoms with van der Waals surface area (Å²) in [5.41, 5.74) is 6.44. The van der Waals surface area contributed by atoms with E-state index in [4.69, 9.17) is 5.73 Å². The van der Waals surface area contributed by atoms with Gasteiger partial charge in [0, 0.05) is 11.0 Å². The Morgan fingerprint density at radius 3 is 2.67 bits per heavy atom. The molecule has 0 aliphatic heterocycles. The van der Waals surface area contributed by atoms with Crippen molar-refractivity contribution in [3.8, 4) is 0 Å². The normalized spacial score (nSPS) is 11.2. The SMILES string of the molecule is COC(=O)c1cc(Br)c(N)c(NCC(C)(C)O)c1. The van der Waals surface area contributed by atoms with Crippen LogP contribution in [0.25, 0.3) is 0 Å². The van der Waals surface area contributed by atoms with Crippen molar-refractivity contribution >= 4 is 33.3 Å². The maximum Gasteiger partial charge on any atom is 0.337 e. The number of nitrogen functional groups attached to an aromatic ring is 1. The van der Waals surface area contributed by atoms with Crippen molar-refractivity contribution in [1.29, 1.82) is 0 Å². The van der Waals surface area contributed by atoms with Gasteiger partial charge >= 0.3 is 5.97 Å². The summed E-state index contributed by atoms with van der Waals surface area (Å²) in [5.74, 6) is -0.443. The minimum atomic E-state index is -0.875. The van der Waals surface area contributed by atoms with Crippen LogP contribution in [0.3, 0.4) is 0 Å². The zero-order chi connectivity index (χ0) is 13.9. The molecule has 0 spiro atoms. The summed E-state index contributed by atoms with van der Waals surface area (Å²) in [5, 5.41) is 12.7. The second-order valence-corrected chi connectivity index (χ2v) is 5.43. The molecule has 0 atom stereocenters. The summed E-state index contributed by atoms with van der Waals surface area (Å²) in [7, 11) is 1.32. The molecule has 1 aromatic carbocycles. The number of benzene rings is 1. The van der Waals surface area contributed by atoms with E-state index in [1.807, 2.05) is 0 Å². The van der Waals surface area contributed by atoms with Crippen molar-refractivity contribution in [2.24, 2.45) is 0 Å². The van der Waals surface area contributed by atoms with E-state index >= 15 is 0 Å². The lowest BCUT2D eigenvalue weighted by Crippen LogP contribution is -2.29. The lowest BCUT2D eigenvalue weighted by atomic mass is 10.1. The molecular weight excluding hydrogens is 300 g/mol. The van der Waals surface area contributed by atoms with Gasteiger partial charge in [-0.25, -0.2) is 4.79 Å². The lowest BCUT2D eigenvalue weighted by Gasteiger charge is -2.20. The van der Waals surface area contributed by atoms with Gasteiger partial charge in [-0.2, -0.15) is 0 Å². The first-order valence-corrected chi connectivity index (χ1v) is 6.17. The first kappa shape index (κ1) is 14.8. The Morgan fingerprint density at radius 1 is 1.56 bits per heavy atom. The smallest absolute Gasteiger partial charge is 0.337 e. The van der Waals surface area contributed by atoms with Crippen LogP contribution in [-0.4, -0.2) is 30.3 Å². The Kier molecular flexibility index (Phi) is 4.59. The van der Waals surface area contributed by atoms with Crippen LogP contribution in [0.2, 0.25) is 0 Å². The predicted octanol–water partition coefficient (Wildman–Crippen LogP) is 2.00. The molecular formula is C12H17BrN2O3. The summed E-state index contributed by atoms with van der Waals surface area (Å²) in [4.78, 5) is 11.5. The Hall–Kier alpha value is -1.27. The van der Waals surface area contributed by atoms with Crippen molar-refractivity contribution in [2.75, 3.05) is 24.7 Å². The third kappa shape index (κ3) is 3.89. The monoisotopic (exact) mass is 316 g/mol. The van der Waals surface area contributed by atoms with Crippen LogP contribution in [0.5, 0.6) is 0 Å². The summed E-state index contributed by atoms with van der Waals surface area (Å²) in [6.07, 6.45) is 0. The number of esters is 1. The van der Waals surface area contributed by atoms with Gasteiger partial charge in [0.15, 0.2) is 0 Å². The highest BCUT2D eigenvalue weighted by molar-refractivity contribution is 9.10. The van der Waals surface area contributed by atoms with E-state index in [1.54, 1.807) is 26.0 Å². The lowest BCUT2D eigenvalue weighted by molar-refractivity contribution is 0.0600. The molecule has 0 aliphatic carbocycles. The molecule has 1 rings (SSSR count). The minimum Gasteiger partial charge on any atom is -0.465 e. The highest BCUT2D eigenvalue weighted by Crippen LogP contribution is 2.30. The maximum absolute atomic E-state index is 11.5. The van der Waals surface area contributed by atoms with Crippen LogP contribution in [0, 0.1) is 0 Å². The topological polar surface area (TPSA) is 84.6 Å². The number of carbonyl (C=O) groups is 1. The van der Waals surface area contributed by atoms with Gasteiger partial charge in [-0.1, -0.05) is 0 Å². The molecule has 0 saturated heterocycles. The standard InChI is InChI=1S/C12H17BrN2O3/c1-12(2,17)6-15-9-5-7(11(16)18-3)4-8(13)10(9)14/h4-5,15,17H,6,14H2,1-3H3. The van der Waals surface area contributed by atoms with Gasteiger partial charge < -0.3 is 20.9 Å². The number of anilines is 2. The summed E-state index contributed by atoms with van der Waals surface area (Å²) in [6, 6.07) is 3.19. The molecule has 100 valence electrons. The molecule has 0 aliphatic rings. The van der Waals surface area contributed by atoms with E-state index in [0.29, 0.717) is 28.0 Å². The number of nitrogens with one attached hydrogen (secondary N) is 1. The number of ether oxygens (including phenoxy) is 1. The molecule has 4 N–H and O–H groups in total. The van der Waals surface area contributed by atoms with E-state index in [2.05, 4.69) is 26.0 Å². The van der Waals surface area contributed by atoms with Crippen LogP contribution in [0.4, 0.5) is 11.4 Å². The average molecular weight is 317 g/mol. The summed E-state index contributed by atoms with van der Waals surface area (Å²) in [6.45, 7) is 3.67. The Labute approximate surface area is 114 Å². The number of methoxy groups -OCH3 is 1. The van der Waals surface area contributed by atoms with Crippen LogP contribution >= 0.6 is 15.9 Å². The first-order chi connectivity index (χ1) is 8.24. The molecule has 5 nitrogen and oxygen atoms in total. The van der Waals surface area contributed by atoms with E-state index in [-0.39, 0.29) is 0 Å². The Balaban J connectivity index is 3.03. The van der Waals surface area contributed by atoms with Crippen molar-refractivity contribution in [3.63, 3.8) is 0 Å². The van der Waals surface area contributed by atoms with E-state index in [0.717, 1.165) is 0 Å². The second-order valence-electron chi connectivity index (χ2n) is 4.58. The average Bonchev–Trinajstić information content (AvgIpc) is 2.28. The third-order valence-electron chi connectivity index (χ3n) is 2.26. The number of rotatable bonds is 4.